The molecule has 2 rings (SSSR count). The highest BCUT2D eigenvalue weighted by Gasteiger charge is 2.23. The normalized spacial score (nSPS) is 19.3. The molecule has 0 bridgehead atoms. The Hall–Kier alpha value is -1.77. The fraction of sp³-hybridized carbons (Fsp3) is 0.471. The van der Waals surface area contributed by atoms with E-state index in [9.17, 15) is 4.79 Å². The summed E-state index contributed by atoms with van der Waals surface area (Å²) in [7, 11) is 1.65. The molecule has 3 nitrogen and oxygen atoms in total. The number of nitrogens with zero attached hydrogens (tertiary/aromatic N) is 1. The van der Waals surface area contributed by atoms with Crippen LogP contribution in [-0.2, 0) is 4.79 Å². The van der Waals surface area contributed by atoms with Gasteiger partial charge in [-0.05, 0) is 37.8 Å². The van der Waals surface area contributed by atoms with Gasteiger partial charge in [0.2, 0.25) is 5.91 Å². The Morgan fingerprint density at radius 2 is 2.20 bits per heavy atom. The zero-order chi connectivity index (χ0) is 14.4. The Bertz CT molecular complexity index is 482. The van der Waals surface area contributed by atoms with Crippen LogP contribution >= 0.6 is 0 Å². The average molecular weight is 273 g/mol. The van der Waals surface area contributed by atoms with Gasteiger partial charge >= 0.3 is 0 Å². The van der Waals surface area contributed by atoms with Crippen molar-refractivity contribution in [2.24, 2.45) is 0 Å². The number of carbonyl (C=O) groups is 1. The lowest BCUT2D eigenvalue weighted by Gasteiger charge is -2.34. The number of ether oxygens (including phenoxy) is 1. The minimum atomic E-state index is 0.113. The monoisotopic (exact) mass is 273 g/mol. The van der Waals surface area contributed by atoms with Crippen molar-refractivity contribution in [3.63, 3.8) is 0 Å². The Kier molecular flexibility index (Phi) is 5.22. The van der Waals surface area contributed by atoms with Crippen LogP contribution in [0.3, 0.4) is 0 Å². The third-order valence-corrected chi connectivity index (χ3v) is 3.93. The number of carbonyl (C=O) groups excluding carboxylic acids is 1. The van der Waals surface area contributed by atoms with Crippen LogP contribution in [0.2, 0.25) is 0 Å². The van der Waals surface area contributed by atoms with E-state index in [2.05, 4.69) is 6.92 Å². The number of amides is 1. The molecule has 1 aromatic carbocycles. The summed E-state index contributed by atoms with van der Waals surface area (Å²) in [4.78, 5) is 14.3. The van der Waals surface area contributed by atoms with Gasteiger partial charge in [0.25, 0.3) is 0 Å². The van der Waals surface area contributed by atoms with Crippen molar-refractivity contribution in [2.45, 2.75) is 38.6 Å². The first-order valence-corrected chi connectivity index (χ1v) is 7.38. The molecule has 1 aliphatic heterocycles. The minimum Gasteiger partial charge on any atom is -0.496 e. The molecular formula is C17H23NO2. The Balaban J connectivity index is 2.08. The summed E-state index contributed by atoms with van der Waals surface area (Å²) in [6, 6.07) is 8.13. The number of benzene rings is 1. The number of methoxy groups -OCH3 is 1. The van der Waals surface area contributed by atoms with Crippen molar-refractivity contribution in [1.82, 2.24) is 4.90 Å². The van der Waals surface area contributed by atoms with Crippen LogP contribution < -0.4 is 4.74 Å². The molecule has 1 aliphatic rings. The molecule has 1 unspecified atom stereocenters. The van der Waals surface area contributed by atoms with Crippen LogP contribution in [0.4, 0.5) is 0 Å². The van der Waals surface area contributed by atoms with E-state index in [0.29, 0.717) is 6.04 Å². The summed E-state index contributed by atoms with van der Waals surface area (Å²) < 4.78 is 5.29. The maximum absolute atomic E-state index is 12.3. The molecule has 0 aliphatic carbocycles. The van der Waals surface area contributed by atoms with Crippen LogP contribution in [-0.4, -0.2) is 30.5 Å². The Labute approximate surface area is 121 Å². The molecule has 0 N–H and O–H groups in total. The third kappa shape index (κ3) is 3.41. The van der Waals surface area contributed by atoms with E-state index in [4.69, 9.17) is 4.74 Å². The second-order valence-corrected chi connectivity index (χ2v) is 5.16. The average Bonchev–Trinajstić information content (AvgIpc) is 2.52. The van der Waals surface area contributed by atoms with Gasteiger partial charge in [-0.15, -0.1) is 0 Å². The first-order valence-electron chi connectivity index (χ1n) is 7.38. The maximum Gasteiger partial charge on any atom is 0.246 e. The van der Waals surface area contributed by atoms with Crippen molar-refractivity contribution >= 4 is 12.0 Å². The summed E-state index contributed by atoms with van der Waals surface area (Å²) in [5.41, 5.74) is 0.938. The van der Waals surface area contributed by atoms with Gasteiger partial charge in [0.1, 0.15) is 5.75 Å². The van der Waals surface area contributed by atoms with Gasteiger partial charge in [-0.3, -0.25) is 4.79 Å². The quantitative estimate of drug-likeness (QED) is 0.786. The fourth-order valence-corrected chi connectivity index (χ4v) is 2.78. The van der Waals surface area contributed by atoms with E-state index in [-0.39, 0.29) is 5.91 Å². The SMILES string of the molecule is CCC1CCCCN1C(=O)/C=C/c1ccccc1OC. The molecule has 20 heavy (non-hydrogen) atoms. The molecule has 108 valence electrons. The predicted molar refractivity (Wildman–Crippen MR) is 81.7 cm³/mol. The topological polar surface area (TPSA) is 29.5 Å². The summed E-state index contributed by atoms with van der Waals surface area (Å²) in [6.07, 6.45) is 8.04. The third-order valence-electron chi connectivity index (χ3n) is 3.93. The van der Waals surface area contributed by atoms with Gasteiger partial charge in [-0.1, -0.05) is 25.1 Å². The van der Waals surface area contributed by atoms with E-state index in [1.807, 2.05) is 35.2 Å². The van der Waals surface area contributed by atoms with Crippen LogP contribution in [0, 0.1) is 0 Å². The summed E-state index contributed by atoms with van der Waals surface area (Å²) in [5.74, 6) is 0.907. The molecular weight excluding hydrogens is 250 g/mol. The second-order valence-electron chi connectivity index (χ2n) is 5.16. The summed E-state index contributed by atoms with van der Waals surface area (Å²) in [6.45, 7) is 3.04. The molecule has 1 fully saturated rings. The number of likely N-dealkylation sites (tertiary alicyclic amines) is 1. The van der Waals surface area contributed by atoms with E-state index < -0.39 is 0 Å². The maximum atomic E-state index is 12.3. The lowest BCUT2D eigenvalue weighted by molar-refractivity contribution is -0.129. The van der Waals surface area contributed by atoms with E-state index >= 15 is 0 Å². The van der Waals surface area contributed by atoms with Gasteiger partial charge in [-0.25, -0.2) is 0 Å². The molecule has 1 saturated heterocycles. The van der Waals surface area contributed by atoms with Crippen molar-refractivity contribution in [1.29, 1.82) is 0 Å². The van der Waals surface area contributed by atoms with Gasteiger partial charge < -0.3 is 9.64 Å². The molecule has 0 aromatic heterocycles. The molecule has 1 amide bonds. The molecule has 1 heterocycles. The number of rotatable bonds is 4. The van der Waals surface area contributed by atoms with Gasteiger partial charge in [0, 0.05) is 24.2 Å². The van der Waals surface area contributed by atoms with E-state index in [1.54, 1.807) is 13.2 Å². The second kappa shape index (κ2) is 7.13. The van der Waals surface area contributed by atoms with Crippen LogP contribution in [0.1, 0.15) is 38.2 Å². The van der Waals surface area contributed by atoms with E-state index in [1.165, 1.54) is 6.42 Å². The van der Waals surface area contributed by atoms with Crippen LogP contribution in [0.15, 0.2) is 30.3 Å². The standard InChI is InChI=1S/C17H23NO2/c1-3-15-9-6-7-13-18(15)17(19)12-11-14-8-4-5-10-16(14)20-2/h4-5,8,10-12,15H,3,6-7,9,13H2,1-2H3/b12-11+. The number of hydrogen-bond donors (Lipinski definition) is 0. The van der Waals surface area contributed by atoms with Gasteiger partial charge in [0.15, 0.2) is 0 Å². The molecule has 0 spiro atoms. The smallest absolute Gasteiger partial charge is 0.246 e. The van der Waals surface area contributed by atoms with Crippen molar-refractivity contribution in [3.8, 4) is 5.75 Å². The molecule has 1 atom stereocenters. The van der Waals surface area contributed by atoms with Crippen molar-refractivity contribution < 1.29 is 9.53 Å². The number of piperidine rings is 1. The zero-order valence-corrected chi connectivity index (χ0v) is 12.3. The summed E-state index contributed by atoms with van der Waals surface area (Å²) in [5, 5.41) is 0. The molecule has 0 radical (unpaired) electrons. The van der Waals surface area contributed by atoms with Crippen molar-refractivity contribution in [2.75, 3.05) is 13.7 Å². The lowest BCUT2D eigenvalue weighted by atomic mass is 10.00. The zero-order valence-electron chi connectivity index (χ0n) is 12.3. The molecule has 0 saturated carbocycles. The first-order chi connectivity index (χ1) is 9.76. The Morgan fingerprint density at radius 1 is 1.40 bits per heavy atom. The highest BCUT2D eigenvalue weighted by Crippen LogP contribution is 2.21. The predicted octanol–water partition coefficient (Wildman–Crippen LogP) is 3.50. The number of hydrogen-bond acceptors (Lipinski definition) is 2. The molecule has 1 aromatic rings. The Morgan fingerprint density at radius 3 is 2.95 bits per heavy atom. The number of para-hydroxylation sites is 1. The highest BCUT2D eigenvalue weighted by molar-refractivity contribution is 5.92. The summed E-state index contributed by atoms with van der Waals surface area (Å²) >= 11 is 0. The fourth-order valence-electron chi connectivity index (χ4n) is 2.78. The highest BCUT2D eigenvalue weighted by atomic mass is 16.5. The van der Waals surface area contributed by atoms with Crippen LogP contribution in [0.25, 0.3) is 6.08 Å². The minimum absolute atomic E-state index is 0.113. The first kappa shape index (κ1) is 14.6. The largest absolute Gasteiger partial charge is 0.496 e. The molecule has 3 heteroatoms. The van der Waals surface area contributed by atoms with Gasteiger partial charge in [0.05, 0.1) is 7.11 Å². The van der Waals surface area contributed by atoms with Crippen molar-refractivity contribution in [3.05, 3.63) is 35.9 Å². The van der Waals surface area contributed by atoms with Gasteiger partial charge in [-0.2, -0.15) is 0 Å². The van der Waals surface area contributed by atoms with E-state index in [0.717, 1.165) is 37.1 Å². The van der Waals surface area contributed by atoms with Crippen LogP contribution in [0.5, 0.6) is 5.75 Å². The lowest BCUT2D eigenvalue weighted by Crippen LogP contribution is -2.42.